The van der Waals surface area contributed by atoms with Gasteiger partial charge in [-0.05, 0) is 42.5 Å². The minimum atomic E-state index is -0.151. The standard InChI is InChI=1S/C21H19N5O2/c1-28-17-5-2-4-16(14-17)21(27)24-12-13-26-19(15-7-10-22-11-8-15)25-18-6-3-9-23-20(18)26/h2-11,14H,12-13H2,1H3,(H,24,27). The van der Waals surface area contributed by atoms with Gasteiger partial charge in [0.2, 0.25) is 0 Å². The number of ether oxygens (including phenoxy) is 1. The maximum absolute atomic E-state index is 12.4. The van der Waals surface area contributed by atoms with E-state index in [1.54, 1.807) is 50.0 Å². The van der Waals surface area contributed by atoms with Gasteiger partial charge < -0.3 is 14.6 Å². The van der Waals surface area contributed by atoms with Crippen molar-refractivity contribution in [2.24, 2.45) is 0 Å². The van der Waals surface area contributed by atoms with E-state index in [-0.39, 0.29) is 5.91 Å². The lowest BCUT2D eigenvalue weighted by molar-refractivity contribution is 0.0952. The molecular formula is C21H19N5O2. The van der Waals surface area contributed by atoms with Gasteiger partial charge >= 0.3 is 0 Å². The maximum Gasteiger partial charge on any atom is 0.251 e. The molecule has 1 amide bonds. The van der Waals surface area contributed by atoms with Gasteiger partial charge in [0.15, 0.2) is 5.65 Å². The van der Waals surface area contributed by atoms with E-state index in [2.05, 4.69) is 15.3 Å². The molecule has 0 aliphatic carbocycles. The van der Waals surface area contributed by atoms with Crippen molar-refractivity contribution in [2.45, 2.75) is 6.54 Å². The van der Waals surface area contributed by atoms with Gasteiger partial charge in [-0.3, -0.25) is 9.78 Å². The van der Waals surface area contributed by atoms with Crippen molar-refractivity contribution in [2.75, 3.05) is 13.7 Å². The highest BCUT2D eigenvalue weighted by atomic mass is 16.5. The van der Waals surface area contributed by atoms with E-state index in [0.717, 1.165) is 22.6 Å². The van der Waals surface area contributed by atoms with Crippen molar-refractivity contribution in [3.63, 3.8) is 0 Å². The summed E-state index contributed by atoms with van der Waals surface area (Å²) in [7, 11) is 1.58. The second kappa shape index (κ2) is 7.87. The quantitative estimate of drug-likeness (QED) is 0.562. The number of amides is 1. The van der Waals surface area contributed by atoms with Gasteiger partial charge in [-0.2, -0.15) is 0 Å². The van der Waals surface area contributed by atoms with Crippen LogP contribution >= 0.6 is 0 Å². The number of rotatable bonds is 6. The molecule has 0 bridgehead atoms. The molecule has 0 aliphatic heterocycles. The van der Waals surface area contributed by atoms with Gasteiger partial charge in [0.25, 0.3) is 5.91 Å². The molecule has 0 radical (unpaired) electrons. The summed E-state index contributed by atoms with van der Waals surface area (Å²) in [6, 6.07) is 14.7. The number of carbonyl (C=O) groups excluding carboxylic acids is 1. The van der Waals surface area contributed by atoms with E-state index < -0.39 is 0 Å². The minimum absolute atomic E-state index is 0.151. The number of carbonyl (C=O) groups is 1. The number of aromatic nitrogens is 4. The minimum Gasteiger partial charge on any atom is -0.497 e. The molecule has 140 valence electrons. The van der Waals surface area contributed by atoms with Crippen LogP contribution in [0.15, 0.2) is 67.1 Å². The highest BCUT2D eigenvalue weighted by molar-refractivity contribution is 5.94. The number of nitrogens with zero attached hydrogens (tertiary/aromatic N) is 4. The van der Waals surface area contributed by atoms with Crippen LogP contribution in [-0.4, -0.2) is 39.1 Å². The van der Waals surface area contributed by atoms with Crippen LogP contribution < -0.4 is 10.1 Å². The zero-order valence-electron chi connectivity index (χ0n) is 15.4. The fourth-order valence-corrected chi connectivity index (χ4v) is 3.04. The number of hydrogen-bond acceptors (Lipinski definition) is 5. The van der Waals surface area contributed by atoms with Crippen LogP contribution in [0.5, 0.6) is 5.75 Å². The van der Waals surface area contributed by atoms with Crippen LogP contribution in [0.2, 0.25) is 0 Å². The Morgan fingerprint density at radius 2 is 1.96 bits per heavy atom. The zero-order chi connectivity index (χ0) is 19.3. The molecule has 4 aromatic rings. The van der Waals surface area contributed by atoms with Gasteiger partial charge in [-0.25, -0.2) is 9.97 Å². The van der Waals surface area contributed by atoms with Crippen LogP contribution in [0.25, 0.3) is 22.6 Å². The summed E-state index contributed by atoms with van der Waals surface area (Å²) in [5.74, 6) is 1.30. The van der Waals surface area contributed by atoms with E-state index in [1.807, 2.05) is 28.8 Å². The fourth-order valence-electron chi connectivity index (χ4n) is 3.04. The van der Waals surface area contributed by atoms with Gasteiger partial charge in [-0.15, -0.1) is 0 Å². The lowest BCUT2D eigenvalue weighted by atomic mass is 10.2. The Labute approximate surface area is 162 Å². The van der Waals surface area contributed by atoms with Gasteiger partial charge in [-0.1, -0.05) is 6.07 Å². The molecule has 28 heavy (non-hydrogen) atoms. The molecule has 1 N–H and O–H groups in total. The highest BCUT2D eigenvalue weighted by Gasteiger charge is 2.14. The summed E-state index contributed by atoms with van der Waals surface area (Å²) in [6.07, 6.45) is 5.21. The SMILES string of the molecule is COc1cccc(C(=O)NCCn2c(-c3ccncc3)nc3cccnc32)c1. The van der Waals surface area contributed by atoms with E-state index in [9.17, 15) is 4.79 Å². The van der Waals surface area contributed by atoms with Crippen LogP contribution in [0, 0.1) is 0 Å². The highest BCUT2D eigenvalue weighted by Crippen LogP contribution is 2.22. The van der Waals surface area contributed by atoms with Gasteiger partial charge in [0.05, 0.1) is 7.11 Å². The van der Waals surface area contributed by atoms with Crippen molar-refractivity contribution in [3.8, 4) is 17.1 Å². The Kier molecular flexibility index (Phi) is 4.97. The predicted molar refractivity (Wildman–Crippen MR) is 106 cm³/mol. The smallest absolute Gasteiger partial charge is 0.251 e. The average molecular weight is 373 g/mol. The van der Waals surface area contributed by atoms with Gasteiger partial charge in [0, 0.05) is 42.8 Å². The summed E-state index contributed by atoms with van der Waals surface area (Å²) in [4.78, 5) is 25.7. The molecule has 7 nitrogen and oxygen atoms in total. The van der Waals surface area contributed by atoms with Crippen LogP contribution in [-0.2, 0) is 6.54 Å². The number of fused-ring (bicyclic) bond motifs is 1. The molecule has 0 unspecified atom stereocenters. The van der Waals surface area contributed by atoms with E-state index in [1.165, 1.54) is 0 Å². The molecule has 0 spiro atoms. The first-order valence-electron chi connectivity index (χ1n) is 8.90. The summed E-state index contributed by atoms with van der Waals surface area (Å²) in [5, 5.41) is 2.95. The third kappa shape index (κ3) is 3.55. The maximum atomic E-state index is 12.4. The molecule has 0 fully saturated rings. The Morgan fingerprint density at radius 3 is 2.79 bits per heavy atom. The molecule has 4 rings (SSSR count). The molecule has 0 atom stereocenters. The summed E-state index contributed by atoms with van der Waals surface area (Å²) < 4.78 is 7.19. The number of nitrogens with one attached hydrogen (secondary N) is 1. The Morgan fingerprint density at radius 1 is 1.11 bits per heavy atom. The first-order chi connectivity index (χ1) is 13.8. The summed E-state index contributed by atoms with van der Waals surface area (Å²) in [6.45, 7) is 0.983. The second-order valence-electron chi connectivity index (χ2n) is 6.16. The summed E-state index contributed by atoms with van der Waals surface area (Å²) in [5.41, 5.74) is 3.10. The molecular weight excluding hydrogens is 354 g/mol. The normalized spacial score (nSPS) is 10.8. The topological polar surface area (TPSA) is 81.9 Å². The van der Waals surface area contributed by atoms with Crippen molar-refractivity contribution >= 4 is 17.1 Å². The van der Waals surface area contributed by atoms with Crippen LogP contribution in [0.1, 0.15) is 10.4 Å². The second-order valence-corrected chi connectivity index (χ2v) is 6.16. The lowest BCUT2D eigenvalue weighted by Gasteiger charge is -2.10. The first kappa shape index (κ1) is 17.7. The predicted octanol–water partition coefficient (Wildman–Crippen LogP) is 2.93. The number of pyridine rings is 2. The van der Waals surface area contributed by atoms with Crippen molar-refractivity contribution in [1.29, 1.82) is 0 Å². The first-order valence-corrected chi connectivity index (χ1v) is 8.90. The third-order valence-corrected chi connectivity index (χ3v) is 4.40. The van der Waals surface area contributed by atoms with E-state index in [4.69, 9.17) is 9.72 Å². The Balaban J connectivity index is 1.55. The Hall–Kier alpha value is -3.74. The van der Waals surface area contributed by atoms with Crippen molar-refractivity contribution in [1.82, 2.24) is 24.8 Å². The van der Waals surface area contributed by atoms with Gasteiger partial charge in [0.1, 0.15) is 17.1 Å². The summed E-state index contributed by atoms with van der Waals surface area (Å²) >= 11 is 0. The van der Waals surface area contributed by atoms with Crippen molar-refractivity contribution in [3.05, 3.63) is 72.7 Å². The monoisotopic (exact) mass is 373 g/mol. The molecule has 0 saturated heterocycles. The Bertz CT molecular complexity index is 1110. The fraction of sp³-hybridized carbons (Fsp3) is 0.143. The van der Waals surface area contributed by atoms with E-state index in [0.29, 0.717) is 24.4 Å². The molecule has 3 heterocycles. The van der Waals surface area contributed by atoms with Crippen LogP contribution in [0.4, 0.5) is 0 Å². The van der Waals surface area contributed by atoms with Crippen LogP contribution in [0.3, 0.4) is 0 Å². The number of benzene rings is 1. The number of methoxy groups -OCH3 is 1. The van der Waals surface area contributed by atoms with Crippen molar-refractivity contribution < 1.29 is 9.53 Å². The van der Waals surface area contributed by atoms with E-state index >= 15 is 0 Å². The molecule has 0 aliphatic rings. The molecule has 0 saturated carbocycles. The third-order valence-electron chi connectivity index (χ3n) is 4.40. The lowest BCUT2D eigenvalue weighted by Crippen LogP contribution is -2.27. The average Bonchev–Trinajstić information content (AvgIpc) is 3.13. The molecule has 1 aromatic carbocycles. The number of imidazole rings is 1. The molecule has 7 heteroatoms. The largest absolute Gasteiger partial charge is 0.497 e. The molecule has 3 aromatic heterocycles. The zero-order valence-corrected chi connectivity index (χ0v) is 15.4. The number of hydrogen-bond donors (Lipinski definition) is 1.